The Balaban J connectivity index is 1.91. The number of rotatable bonds is 7. The van der Waals surface area contributed by atoms with Crippen molar-refractivity contribution in [1.29, 1.82) is 0 Å². The Hall–Kier alpha value is -1.55. The summed E-state index contributed by atoms with van der Waals surface area (Å²) in [6.07, 6.45) is 3.29. The maximum absolute atomic E-state index is 11.9. The first-order valence-electron chi connectivity index (χ1n) is 7.04. The van der Waals surface area contributed by atoms with Crippen LogP contribution in [0.4, 0.5) is 5.69 Å². The quantitative estimate of drug-likeness (QED) is 0.735. The summed E-state index contributed by atoms with van der Waals surface area (Å²) in [5.74, 6) is 0.130. The minimum Gasteiger partial charge on any atom is -0.398 e. The highest BCUT2D eigenvalue weighted by molar-refractivity contribution is 5.78. The highest BCUT2D eigenvalue weighted by atomic mass is 16.2. The molecule has 1 aromatic carbocycles. The third-order valence-electron chi connectivity index (χ3n) is 3.30. The molecule has 0 heterocycles. The number of amides is 1. The molecule has 104 valence electrons. The van der Waals surface area contributed by atoms with Crippen molar-refractivity contribution in [3.05, 3.63) is 29.8 Å². The number of anilines is 1. The minimum absolute atomic E-state index is 0.130. The number of carbonyl (C=O) groups is 1. The Bertz CT molecular complexity index is 429. The van der Waals surface area contributed by atoms with Crippen LogP contribution in [0.25, 0.3) is 0 Å². The molecular weight excluding hydrogens is 238 g/mol. The zero-order valence-electron chi connectivity index (χ0n) is 11.6. The summed E-state index contributed by atoms with van der Waals surface area (Å²) < 4.78 is 0. The van der Waals surface area contributed by atoms with Gasteiger partial charge in [0.1, 0.15) is 0 Å². The SMILES string of the molecule is CCCN(CC(=O)NC1CC1)Cc1ccccc1N. The van der Waals surface area contributed by atoms with Crippen molar-refractivity contribution in [3.63, 3.8) is 0 Å². The fraction of sp³-hybridized carbons (Fsp3) is 0.533. The molecular formula is C15H23N3O. The molecule has 0 spiro atoms. The topological polar surface area (TPSA) is 58.4 Å². The van der Waals surface area contributed by atoms with E-state index < -0.39 is 0 Å². The second-order valence-electron chi connectivity index (χ2n) is 5.25. The normalized spacial score (nSPS) is 14.6. The van der Waals surface area contributed by atoms with E-state index in [1.165, 1.54) is 0 Å². The number of nitrogen functional groups attached to an aromatic ring is 1. The Morgan fingerprint density at radius 3 is 2.79 bits per heavy atom. The summed E-state index contributed by atoms with van der Waals surface area (Å²) in [5.41, 5.74) is 7.85. The van der Waals surface area contributed by atoms with Crippen LogP contribution in [0.15, 0.2) is 24.3 Å². The van der Waals surface area contributed by atoms with Gasteiger partial charge in [0.05, 0.1) is 6.54 Å². The van der Waals surface area contributed by atoms with Gasteiger partial charge in [0.25, 0.3) is 0 Å². The van der Waals surface area contributed by atoms with Crippen molar-refractivity contribution in [3.8, 4) is 0 Å². The molecule has 0 radical (unpaired) electrons. The molecule has 1 fully saturated rings. The number of para-hydroxylation sites is 1. The fourth-order valence-corrected chi connectivity index (χ4v) is 2.15. The summed E-state index contributed by atoms with van der Waals surface area (Å²) in [4.78, 5) is 14.0. The van der Waals surface area contributed by atoms with Gasteiger partial charge in [0, 0.05) is 18.3 Å². The van der Waals surface area contributed by atoms with Crippen LogP contribution in [-0.4, -0.2) is 29.9 Å². The van der Waals surface area contributed by atoms with E-state index in [1.54, 1.807) is 0 Å². The molecule has 0 saturated heterocycles. The molecule has 1 saturated carbocycles. The average molecular weight is 261 g/mol. The van der Waals surface area contributed by atoms with E-state index in [-0.39, 0.29) is 5.91 Å². The predicted molar refractivity (Wildman–Crippen MR) is 77.6 cm³/mol. The molecule has 1 aliphatic rings. The summed E-state index contributed by atoms with van der Waals surface area (Å²) in [6.45, 7) is 4.23. The third kappa shape index (κ3) is 4.56. The maximum atomic E-state index is 11.9. The number of hydrogen-bond acceptors (Lipinski definition) is 3. The van der Waals surface area contributed by atoms with E-state index >= 15 is 0 Å². The van der Waals surface area contributed by atoms with Gasteiger partial charge in [-0.05, 0) is 37.4 Å². The molecule has 0 bridgehead atoms. The summed E-state index contributed by atoms with van der Waals surface area (Å²) >= 11 is 0. The van der Waals surface area contributed by atoms with Crippen LogP contribution in [0.5, 0.6) is 0 Å². The second-order valence-corrected chi connectivity index (χ2v) is 5.25. The van der Waals surface area contributed by atoms with E-state index in [4.69, 9.17) is 5.73 Å². The lowest BCUT2D eigenvalue weighted by Crippen LogP contribution is -2.38. The van der Waals surface area contributed by atoms with E-state index in [1.807, 2.05) is 24.3 Å². The molecule has 3 N–H and O–H groups in total. The lowest BCUT2D eigenvalue weighted by Gasteiger charge is -2.22. The Kier molecular flexibility index (Phi) is 4.80. The molecule has 4 heteroatoms. The monoisotopic (exact) mass is 261 g/mol. The first-order valence-corrected chi connectivity index (χ1v) is 7.04. The van der Waals surface area contributed by atoms with Gasteiger partial charge < -0.3 is 11.1 Å². The van der Waals surface area contributed by atoms with Crippen LogP contribution in [0.2, 0.25) is 0 Å². The van der Waals surface area contributed by atoms with Crippen molar-refractivity contribution in [2.45, 2.75) is 38.8 Å². The van der Waals surface area contributed by atoms with Gasteiger partial charge in [-0.15, -0.1) is 0 Å². The molecule has 1 amide bonds. The molecule has 0 atom stereocenters. The molecule has 1 aromatic rings. The van der Waals surface area contributed by atoms with Gasteiger partial charge >= 0.3 is 0 Å². The van der Waals surface area contributed by atoms with Crippen molar-refractivity contribution in [1.82, 2.24) is 10.2 Å². The third-order valence-corrected chi connectivity index (χ3v) is 3.30. The highest BCUT2D eigenvalue weighted by Gasteiger charge is 2.24. The Morgan fingerprint density at radius 1 is 1.42 bits per heavy atom. The van der Waals surface area contributed by atoms with Gasteiger partial charge in [-0.25, -0.2) is 0 Å². The molecule has 2 rings (SSSR count). The zero-order chi connectivity index (χ0) is 13.7. The summed E-state index contributed by atoms with van der Waals surface area (Å²) in [7, 11) is 0. The highest BCUT2D eigenvalue weighted by Crippen LogP contribution is 2.18. The van der Waals surface area contributed by atoms with Gasteiger partial charge in [0.2, 0.25) is 5.91 Å². The van der Waals surface area contributed by atoms with E-state index in [0.717, 1.165) is 43.6 Å². The number of nitrogens with one attached hydrogen (secondary N) is 1. The standard InChI is InChI=1S/C15H23N3O/c1-2-9-18(11-15(19)17-13-7-8-13)10-12-5-3-4-6-14(12)16/h3-6,13H,2,7-11,16H2,1H3,(H,17,19). The van der Waals surface area contributed by atoms with E-state index in [9.17, 15) is 4.79 Å². The van der Waals surface area contributed by atoms with Crippen LogP contribution in [0, 0.1) is 0 Å². The fourth-order valence-electron chi connectivity index (χ4n) is 2.15. The average Bonchev–Trinajstić information content (AvgIpc) is 3.16. The number of nitrogens with two attached hydrogens (primary N) is 1. The lowest BCUT2D eigenvalue weighted by atomic mass is 10.1. The molecule has 19 heavy (non-hydrogen) atoms. The van der Waals surface area contributed by atoms with Gasteiger partial charge in [-0.1, -0.05) is 25.1 Å². The largest absolute Gasteiger partial charge is 0.398 e. The van der Waals surface area contributed by atoms with Crippen molar-refractivity contribution < 1.29 is 4.79 Å². The number of benzene rings is 1. The zero-order valence-corrected chi connectivity index (χ0v) is 11.6. The molecule has 1 aliphatic carbocycles. The van der Waals surface area contributed by atoms with Gasteiger partial charge in [-0.2, -0.15) is 0 Å². The second kappa shape index (κ2) is 6.57. The number of nitrogens with zero attached hydrogens (tertiary/aromatic N) is 1. The van der Waals surface area contributed by atoms with Crippen molar-refractivity contribution in [2.75, 3.05) is 18.8 Å². The van der Waals surface area contributed by atoms with Crippen LogP contribution >= 0.6 is 0 Å². The Morgan fingerprint density at radius 2 is 2.16 bits per heavy atom. The summed E-state index contributed by atoms with van der Waals surface area (Å²) in [5, 5.41) is 3.03. The Labute approximate surface area is 115 Å². The van der Waals surface area contributed by atoms with E-state index in [0.29, 0.717) is 12.6 Å². The molecule has 0 aliphatic heterocycles. The molecule has 0 unspecified atom stereocenters. The van der Waals surface area contributed by atoms with Crippen LogP contribution in [-0.2, 0) is 11.3 Å². The van der Waals surface area contributed by atoms with Crippen LogP contribution < -0.4 is 11.1 Å². The predicted octanol–water partition coefficient (Wildman–Crippen LogP) is 1.76. The first kappa shape index (κ1) is 13.9. The van der Waals surface area contributed by atoms with Crippen molar-refractivity contribution >= 4 is 11.6 Å². The van der Waals surface area contributed by atoms with Gasteiger partial charge in [-0.3, -0.25) is 9.69 Å². The molecule has 4 nitrogen and oxygen atoms in total. The minimum atomic E-state index is 0.130. The lowest BCUT2D eigenvalue weighted by molar-refractivity contribution is -0.122. The summed E-state index contributed by atoms with van der Waals surface area (Å²) in [6, 6.07) is 8.28. The van der Waals surface area contributed by atoms with Crippen LogP contribution in [0.3, 0.4) is 0 Å². The first-order chi connectivity index (χ1) is 9.19. The van der Waals surface area contributed by atoms with E-state index in [2.05, 4.69) is 17.1 Å². The molecule has 0 aromatic heterocycles. The number of carbonyl (C=O) groups excluding carboxylic acids is 1. The van der Waals surface area contributed by atoms with Crippen LogP contribution in [0.1, 0.15) is 31.7 Å². The number of hydrogen-bond donors (Lipinski definition) is 2. The maximum Gasteiger partial charge on any atom is 0.234 e. The van der Waals surface area contributed by atoms with Gasteiger partial charge in [0.15, 0.2) is 0 Å². The van der Waals surface area contributed by atoms with Crippen molar-refractivity contribution in [2.24, 2.45) is 0 Å². The smallest absolute Gasteiger partial charge is 0.234 e.